The van der Waals surface area contributed by atoms with Gasteiger partial charge in [-0.2, -0.15) is 5.10 Å². The van der Waals surface area contributed by atoms with E-state index >= 15 is 0 Å². The highest BCUT2D eigenvalue weighted by Crippen LogP contribution is 2.22. The predicted molar refractivity (Wildman–Crippen MR) is 83.3 cm³/mol. The third-order valence-electron chi connectivity index (χ3n) is 2.83. The number of anilines is 1. The third kappa shape index (κ3) is 4.75. The normalized spacial score (nSPS) is 10.5. The van der Waals surface area contributed by atoms with Gasteiger partial charge in [0.2, 0.25) is 5.91 Å². The molecule has 0 aliphatic heterocycles. The van der Waals surface area contributed by atoms with Crippen molar-refractivity contribution >= 4 is 40.8 Å². The average molecular weight is 342 g/mol. The molecular formula is C14H13Cl2N3O3. The zero-order chi connectivity index (χ0) is 16.1. The fourth-order valence-corrected chi connectivity index (χ4v) is 2.25. The number of carboxylic acids is 1. The highest BCUT2D eigenvalue weighted by atomic mass is 35.5. The number of hydrogen-bond acceptors (Lipinski definition) is 3. The van der Waals surface area contributed by atoms with E-state index < -0.39 is 5.97 Å². The average Bonchev–Trinajstić information content (AvgIpc) is 2.87. The van der Waals surface area contributed by atoms with Crippen molar-refractivity contribution in [3.8, 4) is 0 Å². The van der Waals surface area contributed by atoms with Gasteiger partial charge in [-0.05, 0) is 17.7 Å². The van der Waals surface area contributed by atoms with Gasteiger partial charge in [0.05, 0.1) is 24.8 Å². The molecule has 2 rings (SSSR count). The van der Waals surface area contributed by atoms with Gasteiger partial charge in [-0.1, -0.05) is 29.3 Å². The van der Waals surface area contributed by atoms with E-state index in [0.717, 1.165) is 5.56 Å². The second-order valence-corrected chi connectivity index (χ2v) is 5.45. The van der Waals surface area contributed by atoms with Crippen molar-refractivity contribution in [2.45, 2.75) is 19.4 Å². The molecule has 0 radical (unpaired) electrons. The van der Waals surface area contributed by atoms with Gasteiger partial charge in [0.1, 0.15) is 0 Å². The van der Waals surface area contributed by atoms with Crippen molar-refractivity contribution in [3.63, 3.8) is 0 Å². The Labute approximate surface area is 136 Å². The van der Waals surface area contributed by atoms with Gasteiger partial charge >= 0.3 is 5.97 Å². The molecule has 0 atom stereocenters. The summed E-state index contributed by atoms with van der Waals surface area (Å²) in [6, 6.07) is 5.19. The molecule has 0 saturated heterocycles. The van der Waals surface area contributed by atoms with Crippen molar-refractivity contribution in [2.75, 3.05) is 5.32 Å². The van der Waals surface area contributed by atoms with E-state index in [1.165, 1.54) is 6.20 Å². The quantitative estimate of drug-likeness (QED) is 0.845. The first-order valence-corrected chi connectivity index (χ1v) is 7.17. The Balaban J connectivity index is 1.96. The summed E-state index contributed by atoms with van der Waals surface area (Å²) in [5, 5.41) is 16.3. The monoisotopic (exact) mass is 341 g/mol. The molecule has 1 amide bonds. The van der Waals surface area contributed by atoms with Crippen LogP contribution in [-0.4, -0.2) is 26.8 Å². The lowest BCUT2D eigenvalue weighted by Crippen LogP contribution is -2.12. The minimum atomic E-state index is -1.01. The van der Waals surface area contributed by atoms with E-state index in [1.807, 2.05) is 0 Å². The molecule has 1 aromatic heterocycles. The number of aromatic nitrogens is 2. The van der Waals surface area contributed by atoms with E-state index in [-0.39, 0.29) is 18.7 Å². The molecule has 0 unspecified atom stereocenters. The van der Waals surface area contributed by atoms with E-state index in [4.69, 9.17) is 28.3 Å². The molecule has 6 nitrogen and oxygen atoms in total. The van der Waals surface area contributed by atoms with Gasteiger partial charge in [-0.25, -0.2) is 0 Å². The molecule has 0 bridgehead atoms. The van der Waals surface area contributed by atoms with Crippen LogP contribution in [0.15, 0.2) is 30.6 Å². The van der Waals surface area contributed by atoms with Crippen LogP contribution in [0.25, 0.3) is 0 Å². The van der Waals surface area contributed by atoms with E-state index in [2.05, 4.69) is 10.4 Å². The number of carboxylic acid groups (broad SMARTS) is 1. The highest BCUT2D eigenvalue weighted by molar-refractivity contribution is 6.35. The Morgan fingerprint density at radius 1 is 1.27 bits per heavy atom. The molecule has 0 aliphatic carbocycles. The van der Waals surface area contributed by atoms with Gasteiger partial charge < -0.3 is 10.4 Å². The number of benzene rings is 1. The molecule has 0 aliphatic rings. The second kappa shape index (κ2) is 7.29. The van der Waals surface area contributed by atoms with Crippen LogP contribution < -0.4 is 5.32 Å². The van der Waals surface area contributed by atoms with Crippen LogP contribution in [-0.2, 0) is 16.1 Å². The highest BCUT2D eigenvalue weighted by Gasteiger charge is 2.08. The summed E-state index contributed by atoms with van der Waals surface area (Å²) in [6.45, 7) is 0.432. The SMILES string of the molecule is O=C(O)CCC(=O)Nc1cnn(Cc2ccc(Cl)cc2Cl)c1. The van der Waals surface area contributed by atoms with Gasteiger partial charge in [0, 0.05) is 22.7 Å². The maximum atomic E-state index is 11.5. The maximum Gasteiger partial charge on any atom is 0.303 e. The Morgan fingerprint density at radius 2 is 2.05 bits per heavy atom. The van der Waals surface area contributed by atoms with Crippen molar-refractivity contribution in [3.05, 3.63) is 46.2 Å². The van der Waals surface area contributed by atoms with Crippen LogP contribution in [0.4, 0.5) is 5.69 Å². The van der Waals surface area contributed by atoms with Gasteiger partial charge in [-0.15, -0.1) is 0 Å². The van der Waals surface area contributed by atoms with Crippen LogP contribution in [0, 0.1) is 0 Å². The lowest BCUT2D eigenvalue weighted by Gasteiger charge is -2.05. The molecule has 22 heavy (non-hydrogen) atoms. The first-order chi connectivity index (χ1) is 10.4. The lowest BCUT2D eigenvalue weighted by atomic mass is 10.2. The first kappa shape index (κ1) is 16.3. The molecule has 2 aromatic rings. The van der Waals surface area contributed by atoms with Gasteiger partial charge in [-0.3, -0.25) is 14.3 Å². The Morgan fingerprint density at radius 3 is 2.73 bits per heavy atom. The van der Waals surface area contributed by atoms with Crippen molar-refractivity contribution in [2.24, 2.45) is 0 Å². The van der Waals surface area contributed by atoms with Crippen molar-refractivity contribution in [1.29, 1.82) is 0 Å². The number of carbonyl (C=O) groups is 2. The maximum absolute atomic E-state index is 11.5. The molecule has 2 N–H and O–H groups in total. The summed E-state index contributed by atoms with van der Waals surface area (Å²) < 4.78 is 1.61. The van der Waals surface area contributed by atoms with Gasteiger partial charge in [0.15, 0.2) is 0 Å². The number of rotatable bonds is 6. The first-order valence-electron chi connectivity index (χ1n) is 6.42. The van der Waals surface area contributed by atoms with Crippen LogP contribution >= 0.6 is 23.2 Å². The Kier molecular flexibility index (Phi) is 5.41. The Hall–Kier alpha value is -2.05. The molecule has 0 fully saturated rings. The van der Waals surface area contributed by atoms with Crippen LogP contribution in [0.3, 0.4) is 0 Å². The standard InChI is InChI=1S/C14H13Cl2N3O3/c15-10-2-1-9(12(16)5-10)7-19-8-11(6-17-19)18-13(20)3-4-14(21)22/h1-2,5-6,8H,3-4,7H2,(H,18,20)(H,21,22). The zero-order valence-corrected chi connectivity index (χ0v) is 12.9. The minimum absolute atomic E-state index is 0.0798. The molecule has 0 spiro atoms. The third-order valence-corrected chi connectivity index (χ3v) is 3.42. The second-order valence-electron chi connectivity index (χ2n) is 4.60. The van der Waals surface area contributed by atoms with Crippen LogP contribution in [0.2, 0.25) is 10.0 Å². The van der Waals surface area contributed by atoms with Crippen molar-refractivity contribution in [1.82, 2.24) is 9.78 Å². The molecule has 8 heteroatoms. The van der Waals surface area contributed by atoms with Crippen molar-refractivity contribution < 1.29 is 14.7 Å². The summed E-state index contributed by atoms with van der Waals surface area (Å²) in [6.07, 6.45) is 2.84. The summed E-state index contributed by atoms with van der Waals surface area (Å²) in [4.78, 5) is 21.9. The largest absolute Gasteiger partial charge is 0.481 e. The number of hydrogen-bond donors (Lipinski definition) is 2. The lowest BCUT2D eigenvalue weighted by molar-refractivity contribution is -0.138. The number of carbonyl (C=O) groups excluding carboxylic acids is 1. The van der Waals surface area contributed by atoms with E-state index in [0.29, 0.717) is 22.3 Å². The number of amides is 1. The zero-order valence-electron chi connectivity index (χ0n) is 11.4. The summed E-state index contributed by atoms with van der Waals surface area (Å²) in [7, 11) is 0. The molecular weight excluding hydrogens is 329 g/mol. The molecule has 116 valence electrons. The fourth-order valence-electron chi connectivity index (χ4n) is 1.78. The fraction of sp³-hybridized carbons (Fsp3) is 0.214. The van der Waals surface area contributed by atoms with E-state index in [9.17, 15) is 9.59 Å². The molecule has 1 heterocycles. The van der Waals surface area contributed by atoms with Crippen LogP contribution in [0.1, 0.15) is 18.4 Å². The topological polar surface area (TPSA) is 84.2 Å². The van der Waals surface area contributed by atoms with E-state index in [1.54, 1.807) is 29.1 Å². The Bertz CT molecular complexity index is 700. The number of halogens is 2. The number of nitrogens with zero attached hydrogens (tertiary/aromatic N) is 2. The number of aliphatic carboxylic acids is 1. The summed E-state index contributed by atoms with van der Waals surface area (Å²) >= 11 is 11.9. The van der Waals surface area contributed by atoms with Crippen LogP contribution in [0.5, 0.6) is 0 Å². The minimum Gasteiger partial charge on any atom is -0.481 e. The number of nitrogens with one attached hydrogen (secondary N) is 1. The summed E-state index contributed by atoms with van der Waals surface area (Å²) in [5.74, 6) is -1.38. The summed E-state index contributed by atoms with van der Waals surface area (Å²) in [5.41, 5.74) is 1.35. The predicted octanol–water partition coefficient (Wildman–Crippen LogP) is 3.04. The van der Waals surface area contributed by atoms with Gasteiger partial charge in [0.25, 0.3) is 0 Å². The smallest absolute Gasteiger partial charge is 0.303 e. The molecule has 0 saturated carbocycles. The molecule has 1 aromatic carbocycles.